The van der Waals surface area contributed by atoms with E-state index >= 15 is 0 Å². The quantitative estimate of drug-likeness (QED) is 0.215. The van der Waals surface area contributed by atoms with Crippen molar-refractivity contribution in [2.45, 2.75) is 39.7 Å². The summed E-state index contributed by atoms with van der Waals surface area (Å²) in [7, 11) is 1.76. The van der Waals surface area contributed by atoms with Crippen molar-refractivity contribution in [2.75, 3.05) is 33.2 Å². The van der Waals surface area contributed by atoms with E-state index in [1.165, 1.54) is 12.8 Å². The van der Waals surface area contributed by atoms with Crippen LogP contribution in [0.1, 0.15) is 49.0 Å². The second-order valence-corrected chi connectivity index (χ2v) is 7.52. The number of hydrogen-bond donors (Lipinski definition) is 3. The molecule has 2 amide bonds. The maximum Gasteiger partial charge on any atom is 0.254 e. The fourth-order valence-corrected chi connectivity index (χ4v) is 3.05. The predicted molar refractivity (Wildman–Crippen MR) is 128 cm³/mol. The maximum absolute atomic E-state index is 12.5. The van der Waals surface area contributed by atoms with Gasteiger partial charge < -0.3 is 20.9 Å². The number of unbranched alkanes of at least 4 members (excludes halogenated alkanes) is 1. The van der Waals surface area contributed by atoms with Gasteiger partial charge >= 0.3 is 0 Å². The lowest BCUT2D eigenvalue weighted by molar-refractivity contribution is -0.123. The molecule has 162 valence electrons. The molecule has 7 nitrogen and oxygen atoms in total. The van der Waals surface area contributed by atoms with Crippen LogP contribution in [-0.2, 0) is 11.3 Å². The van der Waals surface area contributed by atoms with Crippen LogP contribution in [0, 0.1) is 5.92 Å². The molecule has 1 aromatic carbocycles. The van der Waals surface area contributed by atoms with Crippen molar-refractivity contribution in [3.63, 3.8) is 0 Å². The van der Waals surface area contributed by atoms with Crippen LogP contribution < -0.4 is 16.0 Å². The number of piperazine rings is 1. The summed E-state index contributed by atoms with van der Waals surface area (Å²) in [6.45, 7) is 7.21. The van der Waals surface area contributed by atoms with E-state index in [9.17, 15) is 9.59 Å². The number of benzene rings is 1. The Balaban J connectivity index is 0.00000420. The van der Waals surface area contributed by atoms with Gasteiger partial charge in [-0.25, -0.2) is 0 Å². The number of carbonyl (C=O) groups excluding carboxylic acids is 2. The van der Waals surface area contributed by atoms with Crippen LogP contribution in [0.25, 0.3) is 0 Å². The van der Waals surface area contributed by atoms with Crippen molar-refractivity contribution in [2.24, 2.45) is 10.9 Å². The first-order valence-corrected chi connectivity index (χ1v) is 10.1. The molecule has 1 heterocycles. The molecule has 0 aromatic heterocycles. The SMILES string of the molecule is CN=C(NCCCCC(C)C)NCc1ccc(C(=O)N2CCNC(=O)C2)cc1.I. The van der Waals surface area contributed by atoms with Gasteiger partial charge in [0, 0.05) is 38.8 Å². The van der Waals surface area contributed by atoms with E-state index in [0.717, 1.165) is 30.4 Å². The predicted octanol–water partition coefficient (Wildman–Crippen LogP) is 2.37. The summed E-state index contributed by atoms with van der Waals surface area (Å²) in [5.74, 6) is 1.32. The van der Waals surface area contributed by atoms with Crippen LogP contribution in [0.3, 0.4) is 0 Å². The lowest BCUT2D eigenvalue weighted by atomic mass is 10.1. The molecule has 3 N–H and O–H groups in total. The Labute approximate surface area is 191 Å². The van der Waals surface area contributed by atoms with Gasteiger partial charge in [-0.1, -0.05) is 38.8 Å². The molecule has 0 aliphatic carbocycles. The lowest BCUT2D eigenvalue weighted by Gasteiger charge is -2.26. The monoisotopic (exact) mass is 515 g/mol. The fourth-order valence-electron chi connectivity index (χ4n) is 3.05. The molecule has 8 heteroatoms. The number of halogens is 1. The molecule has 0 atom stereocenters. The summed E-state index contributed by atoms with van der Waals surface area (Å²) >= 11 is 0. The van der Waals surface area contributed by atoms with E-state index in [1.807, 2.05) is 24.3 Å². The smallest absolute Gasteiger partial charge is 0.254 e. The average molecular weight is 515 g/mol. The lowest BCUT2D eigenvalue weighted by Crippen LogP contribution is -2.49. The van der Waals surface area contributed by atoms with Crippen LogP contribution in [-0.4, -0.2) is 55.9 Å². The molecule has 2 rings (SSSR count). The van der Waals surface area contributed by atoms with Gasteiger partial charge in [0.1, 0.15) is 0 Å². The standard InChI is InChI=1S/C21H33N5O2.HI/c1-16(2)6-4-5-11-24-21(22-3)25-14-17-7-9-18(10-8-17)20(28)26-13-12-23-19(27)15-26;/h7-10,16H,4-6,11-15H2,1-3H3,(H,23,27)(H2,22,24,25);1H. The summed E-state index contributed by atoms with van der Waals surface area (Å²) < 4.78 is 0. The van der Waals surface area contributed by atoms with E-state index in [2.05, 4.69) is 34.8 Å². The van der Waals surface area contributed by atoms with Crippen LogP contribution in [0.4, 0.5) is 0 Å². The van der Waals surface area contributed by atoms with E-state index in [1.54, 1.807) is 11.9 Å². The zero-order valence-corrected chi connectivity index (χ0v) is 20.0. The molecule has 1 aliphatic rings. The molecular formula is C21H34IN5O2. The molecule has 29 heavy (non-hydrogen) atoms. The van der Waals surface area contributed by atoms with E-state index in [4.69, 9.17) is 0 Å². The van der Waals surface area contributed by atoms with Crippen molar-refractivity contribution >= 4 is 41.8 Å². The Hall–Kier alpha value is -1.84. The highest BCUT2D eigenvalue weighted by atomic mass is 127. The average Bonchev–Trinajstić information content (AvgIpc) is 2.69. The maximum atomic E-state index is 12.5. The Bertz CT molecular complexity index is 676. The van der Waals surface area contributed by atoms with Gasteiger partial charge in [0.15, 0.2) is 5.96 Å². The highest BCUT2D eigenvalue weighted by Crippen LogP contribution is 2.09. The summed E-state index contributed by atoms with van der Waals surface area (Å²) in [5.41, 5.74) is 1.67. The molecule has 0 unspecified atom stereocenters. The van der Waals surface area contributed by atoms with Gasteiger partial charge in [-0.2, -0.15) is 0 Å². The summed E-state index contributed by atoms with van der Waals surface area (Å²) in [6, 6.07) is 7.49. The third-order valence-electron chi connectivity index (χ3n) is 4.71. The third kappa shape index (κ3) is 9.01. The Morgan fingerprint density at radius 1 is 1.21 bits per heavy atom. The van der Waals surface area contributed by atoms with Crippen LogP contribution in [0.5, 0.6) is 0 Å². The van der Waals surface area contributed by atoms with Crippen molar-refractivity contribution < 1.29 is 9.59 Å². The minimum absolute atomic E-state index is 0. The van der Waals surface area contributed by atoms with Crippen LogP contribution in [0.15, 0.2) is 29.3 Å². The van der Waals surface area contributed by atoms with E-state index in [0.29, 0.717) is 25.2 Å². The molecular weight excluding hydrogens is 481 g/mol. The highest BCUT2D eigenvalue weighted by Gasteiger charge is 2.22. The largest absolute Gasteiger partial charge is 0.356 e. The Morgan fingerprint density at radius 2 is 1.93 bits per heavy atom. The van der Waals surface area contributed by atoms with Gasteiger partial charge in [0.2, 0.25) is 5.91 Å². The summed E-state index contributed by atoms with van der Waals surface area (Å²) in [6.07, 6.45) is 3.60. The third-order valence-corrected chi connectivity index (χ3v) is 4.71. The first-order chi connectivity index (χ1) is 13.5. The van der Waals surface area contributed by atoms with E-state index in [-0.39, 0.29) is 42.3 Å². The zero-order chi connectivity index (χ0) is 20.4. The number of aliphatic imine (C=N–C) groups is 1. The second-order valence-electron chi connectivity index (χ2n) is 7.52. The normalized spacial score (nSPS) is 14.3. The molecule has 0 radical (unpaired) electrons. The van der Waals surface area contributed by atoms with Gasteiger partial charge in [-0.3, -0.25) is 14.6 Å². The molecule has 0 spiro atoms. The molecule has 0 saturated carbocycles. The number of hydrogen-bond acceptors (Lipinski definition) is 3. The highest BCUT2D eigenvalue weighted by molar-refractivity contribution is 14.0. The summed E-state index contributed by atoms with van der Waals surface area (Å²) in [4.78, 5) is 29.8. The molecule has 0 bridgehead atoms. The number of rotatable bonds is 8. The second kappa shape index (κ2) is 13.4. The fraction of sp³-hybridized carbons (Fsp3) is 0.571. The summed E-state index contributed by atoms with van der Waals surface area (Å²) in [5, 5.41) is 9.35. The zero-order valence-electron chi connectivity index (χ0n) is 17.7. The number of carbonyl (C=O) groups is 2. The van der Waals surface area contributed by atoms with Gasteiger partial charge in [-0.15, -0.1) is 24.0 Å². The molecule has 1 saturated heterocycles. The number of amides is 2. The van der Waals surface area contributed by atoms with Gasteiger partial charge in [0.25, 0.3) is 5.91 Å². The number of nitrogens with zero attached hydrogens (tertiary/aromatic N) is 2. The van der Waals surface area contributed by atoms with Crippen LogP contribution in [0.2, 0.25) is 0 Å². The topological polar surface area (TPSA) is 85.8 Å². The Kier molecular flexibility index (Phi) is 11.6. The molecule has 1 aliphatic heterocycles. The molecule has 1 aromatic rings. The molecule has 1 fully saturated rings. The minimum Gasteiger partial charge on any atom is -0.356 e. The first-order valence-electron chi connectivity index (χ1n) is 10.1. The van der Waals surface area contributed by atoms with Crippen molar-refractivity contribution in [1.29, 1.82) is 0 Å². The van der Waals surface area contributed by atoms with Crippen molar-refractivity contribution in [1.82, 2.24) is 20.9 Å². The van der Waals surface area contributed by atoms with Crippen molar-refractivity contribution in [3.8, 4) is 0 Å². The first kappa shape index (κ1) is 25.2. The Morgan fingerprint density at radius 3 is 2.55 bits per heavy atom. The number of guanidine groups is 1. The van der Waals surface area contributed by atoms with E-state index < -0.39 is 0 Å². The minimum atomic E-state index is -0.108. The van der Waals surface area contributed by atoms with Crippen molar-refractivity contribution in [3.05, 3.63) is 35.4 Å². The number of nitrogens with one attached hydrogen (secondary N) is 3. The van der Waals surface area contributed by atoms with Crippen LogP contribution >= 0.6 is 24.0 Å². The van der Waals surface area contributed by atoms with Gasteiger partial charge in [0.05, 0.1) is 6.54 Å². The van der Waals surface area contributed by atoms with Gasteiger partial charge in [-0.05, 0) is 30.0 Å².